The molecule has 1 radical (unpaired) electrons. The molecular formula is C5H11S. The van der Waals surface area contributed by atoms with E-state index in [0.717, 1.165) is 17.1 Å². The monoisotopic (exact) mass is 103 g/mol. The summed E-state index contributed by atoms with van der Waals surface area (Å²) >= 11 is 1.05. The molecule has 0 bridgehead atoms. The van der Waals surface area contributed by atoms with Gasteiger partial charge in [0.1, 0.15) is 0 Å². The SMILES string of the molecule is [CH]=[SH]CCCC. The van der Waals surface area contributed by atoms with Crippen molar-refractivity contribution >= 4 is 17.2 Å². The first-order valence-corrected chi connectivity index (χ1v) is 3.43. The fourth-order valence-corrected chi connectivity index (χ4v) is 0.748. The van der Waals surface area contributed by atoms with Gasteiger partial charge in [-0.25, -0.2) is 0 Å². The maximum absolute atomic E-state index is 5.19. The third-order valence-electron chi connectivity index (χ3n) is 0.641. The molecule has 0 N–H and O–H groups in total. The Kier molecular flexibility index (Phi) is 5.41. The van der Waals surface area contributed by atoms with Gasteiger partial charge in [0.05, 0.1) is 0 Å². The molecule has 0 nitrogen and oxygen atoms in total. The molecule has 37 valence electrons. The van der Waals surface area contributed by atoms with Crippen molar-refractivity contribution in [2.45, 2.75) is 19.8 Å². The average Bonchev–Trinajstić information content (AvgIpc) is 1.61. The number of hydrogen-bond acceptors (Lipinski definition) is 0. The molecule has 0 heterocycles. The Bertz CT molecular complexity index is 32.9. The van der Waals surface area contributed by atoms with Crippen molar-refractivity contribution in [3.8, 4) is 0 Å². The van der Waals surface area contributed by atoms with E-state index in [9.17, 15) is 0 Å². The summed E-state index contributed by atoms with van der Waals surface area (Å²) in [5.74, 6) is 6.35. The Hall–Kier alpha value is 0.220. The fourth-order valence-electron chi connectivity index (χ4n) is 0.249. The van der Waals surface area contributed by atoms with Crippen LogP contribution in [-0.2, 0) is 0 Å². The molecule has 0 atom stereocenters. The van der Waals surface area contributed by atoms with Crippen molar-refractivity contribution in [2.75, 3.05) is 5.75 Å². The Morgan fingerprint density at radius 3 is 2.50 bits per heavy atom. The Morgan fingerprint density at radius 2 is 2.33 bits per heavy atom. The van der Waals surface area contributed by atoms with Crippen molar-refractivity contribution in [3.05, 3.63) is 0 Å². The highest BCUT2D eigenvalue weighted by Gasteiger charge is 1.71. The lowest BCUT2D eigenvalue weighted by Crippen LogP contribution is -1.68. The largest absolute Gasteiger partial charge is 0.200 e. The van der Waals surface area contributed by atoms with Crippen LogP contribution in [-0.4, -0.2) is 11.6 Å². The van der Waals surface area contributed by atoms with Gasteiger partial charge in [0.15, 0.2) is 0 Å². The first-order valence-electron chi connectivity index (χ1n) is 2.28. The summed E-state index contributed by atoms with van der Waals surface area (Å²) in [4.78, 5) is 0. The fraction of sp³-hybridized carbons (Fsp3) is 0.800. The van der Waals surface area contributed by atoms with Gasteiger partial charge in [-0.3, -0.25) is 0 Å². The molecule has 0 rings (SSSR count). The van der Waals surface area contributed by atoms with Crippen LogP contribution in [0.3, 0.4) is 0 Å². The molecule has 1 heteroatoms. The molecule has 0 saturated heterocycles. The Labute approximate surface area is 43.5 Å². The Morgan fingerprint density at radius 1 is 1.67 bits per heavy atom. The summed E-state index contributed by atoms with van der Waals surface area (Å²) in [7, 11) is 0. The molecule has 0 aliphatic heterocycles. The van der Waals surface area contributed by atoms with E-state index in [1.165, 1.54) is 12.8 Å². The number of hydrogen-bond donors (Lipinski definition) is 1. The van der Waals surface area contributed by atoms with Gasteiger partial charge < -0.3 is 0 Å². The normalized spacial score (nSPS) is 8.83. The van der Waals surface area contributed by atoms with Gasteiger partial charge in [-0.2, -0.15) is 11.4 Å². The standard InChI is InChI=1S/C5H11S/c1-3-4-5-6-2/h2,6H,3-5H2,1H3. The minimum Gasteiger partial charge on any atom is -0.200 e. The first kappa shape index (κ1) is 6.22. The second-order valence-electron chi connectivity index (χ2n) is 1.26. The number of unbranched alkanes of at least 4 members (excludes halogenated alkanes) is 1. The third-order valence-corrected chi connectivity index (χ3v) is 1.22. The average molecular weight is 103 g/mol. The summed E-state index contributed by atoms with van der Waals surface area (Å²) in [6.07, 6.45) is 2.54. The van der Waals surface area contributed by atoms with Crippen LogP contribution < -0.4 is 0 Å². The van der Waals surface area contributed by atoms with Crippen molar-refractivity contribution in [1.82, 2.24) is 0 Å². The molecule has 0 saturated carbocycles. The molecular weight excluding hydrogens is 92.1 g/mol. The molecule has 0 unspecified atom stereocenters. The number of thiol groups is 1. The smallest absolute Gasteiger partial charge is 0.0145 e. The van der Waals surface area contributed by atoms with Gasteiger partial charge in [0.2, 0.25) is 0 Å². The third kappa shape index (κ3) is 4.22. The lowest BCUT2D eigenvalue weighted by Gasteiger charge is -1.82. The van der Waals surface area contributed by atoms with E-state index < -0.39 is 0 Å². The molecule has 0 aliphatic carbocycles. The van der Waals surface area contributed by atoms with Gasteiger partial charge in [-0.05, 0) is 18.0 Å². The van der Waals surface area contributed by atoms with Crippen LogP contribution in [0.1, 0.15) is 19.8 Å². The van der Waals surface area contributed by atoms with Crippen LogP contribution in [0.4, 0.5) is 0 Å². The summed E-state index contributed by atoms with van der Waals surface area (Å²) in [6.45, 7) is 2.17. The Balaban J connectivity index is 2.49. The molecule has 0 aliphatic rings. The second kappa shape index (κ2) is 5.22. The summed E-state index contributed by atoms with van der Waals surface area (Å²) in [5.41, 5.74) is 0. The molecule has 0 aromatic carbocycles. The van der Waals surface area contributed by atoms with Gasteiger partial charge in [-0.1, -0.05) is 13.3 Å². The van der Waals surface area contributed by atoms with Crippen LogP contribution in [0, 0.1) is 0 Å². The van der Waals surface area contributed by atoms with E-state index in [2.05, 4.69) is 6.92 Å². The van der Waals surface area contributed by atoms with Gasteiger partial charge in [-0.15, -0.1) is 0 Å². The van der Waals surface area contributed by atoms with E-state index >= 15 is 0 Å². The van der Waals surface area contributed by atoms with Crippen LogP contribution >= 0.6 is 11.4 Å². The lowest BCUT2D eigenvalue weighted by molar-refractivity contribution is 0.898. The summed E-state index contributed by atoms with van der Waals surface area (Å²) in [6, 6.07) is 0. The van der Waals surface area contributed by atoms with Gasteiger partial charge >= 0.3 is 0 Å². The van der Waals surface area contributed by atoms with Crippen LogP contribution in [0.5, 0.6) is 0 Å². The van der Waals surface area contributed by atoms with Crippen LogP contribution in [0.2, 0.25) is 0 Å². The highest BCUT2D eigenvalue weighted by molar-refractivity contribution is 7.96. The molecule has 0 fully saturated rings. The zero-order chi connectivity index (χ0) is 4.83. The topological polar surface area (TPSA) is 0 Å². The summed E-state index contributed by atoms with van der Waals surface area (Å²) in [5, 5.41) is 0. The molecule has 0 aromatic heterocycles. The summed E-state index contributed by atoms with van der Waals surface area (Å²) < 4.78 is 0. The minimum absolute atomic E-state index is 1.05. The van der Waals surface area contributed by atoms with E-state index in [1.54, 1.807) is 0 Å². The van der Waals surface area contributed by atoms with Crippen LogP contribution in [0.15, 0.2) is 0 Å². The van der Waals surface area contributed by atoms with Crippen LogP contribution in [0.25, 0.3) is 0 Å². The van der Waals surface area contributed by atoms with Crippen molar-refractivity contribution in [2.24, 2.45) is 0 Å². The van der Waals surface area contributed by atoms with E-state index in [0.29, 0.717) is 0 Å². The number of rotatable bonds is 3. The minimum atomic E-state index is 1.05. The second-order valence-corrected chi connectivity index (χ2v) is 2.07. The quantitative estimate of drug-likeness (QED) is 0.313. The molecule has 0 aromatic rings. The lowest BCUT2D eigenvalue weighted by atomic mass is 10.4. The molecule has 0 amide bonds. The predicted molar refractivity (Wildman–Crippen MR) is 34.8 cm³/mol. The first-order chi connectivity index (χ1) is 2.91. The molecule has 0 spiro atoms. The highest BCUT2D eigenvalue weighted by atomic mass is 32.1. The predicted octanol–water partition coefficient (Wildman–Crippen LogP) is 1.56. The van der Waals surface area contributed by atoms with Crippen molar-refractivity contribution in [3.63, 3.8) is 0 Å². The van der Waals surface area contributed by atoms with Gasteiger partial charge in [0, 0.05) is 0 Å². The van der Waals surface area contributed by atoms with E-state index in [1.807, 2.05) is 0 Å². The van der Waals surface area contributed by atoms with Gasteiger partial charge in [0.25, 0.3) is 0 Å². The van der Waals surface area contributed by atoms with Crippen molar-refractivity contribution in [1.29, 1.82) is 0 Å². The van der Waals surface area contributed by atoms with E-state index in [4.69, 9.17) is 5.87 Å². The molecule has 6 heavy (non-hydrogen) atoms. The van der Waals surface area contributed by atoms with Crippen molar-refractivity contribution < 1.29 is 0 Å². The van der Waals surface area contributed by atoms with E-state index in [-0.39, 0.29) is 0 Å². The highest BCUT2D eigenvalue weighted by Crippen LogP contribution is 1.90. The zero-order valence-electron chi connectivity index (χ0n) is 4.15. The maximum atomic E-state index is 5.19. The zero-order valence-corrected chi connectivity index (χ0v) is 5.04. The maximum Gasteiger partial charge on any atom is -0.0145 e.